The van der Waals surface area contributed by atoms with Gasteiger partial charge in [-0.05, 0) is 0 Å². The molecule has 3 nitrogen and oxygen atoms in total. The fraction of sp³-hybridized carbons (Fsp3) is 0.889. The Balaban J connectivity index is -0.000000218. The van der Waals surface area contributed by atoms with E-state index in [0.29, 0.717) is 5.75 Å². The summed E-state index contributed by atoms with van der Waals surface area (Å²) in [6, 6.07) is 0. The van der Waals surface area contributed by atoms with Gasteiger partial charge in [0.1, 0.15) is 0 Å². The smallest absolute Gasteiger partial charge is 0.250 e. The van der Waals surface area contributed by atoms with E-state index in [1.54, 1.807) is 6.92 Å². The molecule has 0 saturated heterocycles. The Kier molecular flexibility index (Phi) is 16.5. The second-order valence-electron chi connectivity index (χ2n) is 1.86. The van der Waals surface area contributed by atoms with Gasteiger partial charge in [0.15, 0.2) is 0 Å². The maximum Gasteiger partial charge on any atom is 0.250 e. The summed E-state index contributed by atoms with van der Waals surface area (Å²) >= 11 is 0. The maximum atomic E-state index is 11.0. The van der Waals surface area contributed by atoms with Crippen molar-refractivity contribution in [3.05, 3.63) is 0 Å². The topological polar surface area (TPSA) is 46.5 Å². The molecule has 0 spiro atoms. The Labute approximate surface area is 83.1 Å². The highest BCUT2D eigenvalue weighted by Gasteiger charge is 1.96. The molecule has 13 heavy (non-hydrogen) atoms. The van der Waals surface area contributed by atoms with Crippen LogP contribution in [-0.4, -0.2) is 22.1 Å². The van der Waals surface area contributed by atoms with Crippen molar-refractivity contribution < 1.29 is 9.00 Å². The van der Waals surface area contributed by atoms with Crippen LogP contribution in [0.4, 0.5) is 0 Å². The summed E-state index contributed by atoms with van der Waals surface area (Å²) in [6.45, 7) is 11.0. The molecule has 0 N–H and O–H groups in total. The minimum Gasteiger partial charge on any atom is -0.272 e. The van der Waals surface area contributed by atoms with Crippen LogP contribution in [0.2, 0.25) is 0 Å². The van der Waals surface area contributed by atoms with Gasteiger partial charge >= 0.3 is 0 Å². The van der Waals surface area contributed by atoms with Crippen molar-refractivity contribution in [3.63, 3.8) is 0 Å². The molecule has 1 unspecified atom stereocenters. The molecule has 0 radical (unpaired) electrons. The third-order valence-corrected chi connectivity index (χ3v) is 2.57. The van der Waals surface area contributed by atoms with Gasteiger partial charge in [0.2, 0.25) is 0 Å². The molecule has 0 aliphatic rings. The first-order valence-corrected chi connectivity index (χ1v) is 6.77. The normalized spacial score (nSPS) is 12.2. The Morgan fingerprint density at radius 2 is 1.54 bits per heavy atom. The Hall–Kier alpha value is -0.380. The quantitative estimate of drug-likeness (QED) is 0.666. The minimum atomic E-state index is -2.19. The van der Waals surface area contributed by atoms with Crippen LogP contribution in [-0.2, 0) is 14.5 Å². The van der Waals surface area contributed by atoms with Gasteiger partial charge in [-0.3, -0.25) is 4.79 Å². The number of amides is 1. The summed E-state index contributed by atoms with van der Waals surface area (Å²) in [5.41, 5.74) is 0. The van der Waals surface area contributed by atoms with Crippen LogP contribution >= 0.6 is 0 Å². The lowest BCUT2D eigenvalue weighted by Crippen LogP contribution is -2.01. The lowest BCUT2D eigenvalue weighted by atomic mass is 10.8. The monoisotopic (exact) mass is 209 g/mol. The fourth-order valence-corrected chi connectivity index (χ4v) is 1.01. The standard InChI is InChI=1S/C5H11NO2S.2C2H6/c1-4-9(3,8)6-5(2)7;2*1-2/h4H2,1-3H3;2*1-2H3. The number of hydrogen-bond donors (Lipinski definition) is 0. The molecule has 0 rings (SSSR count). The summed E-state index contributed by atoms with van der Waals surface area (Å²) in [7, 11) is -2.19. The van der Waals surface area contributed by atoms with Gasteiger partial charge in [0.05, 0.1) is 9.73 Å². The molecular formula is C9H23NO2S. The van der Waals surface area contributed by atoms with Crippen LogP contribution in [0.3, 0.4) is 0 Å². The van der Waals surface area contributed by atoms with E-state index in [4.69, 9.17) is 0 Å². The molecule has 0 fully saturated rings. The molecule has 0 saturated carbocycles. The Morgan fingerprint density at radius 1 is 1.23 bits per heavy atom. The fourth-order valence-electron chi connectivity index (χ4n) is 0.336. The second-order valence-corrected chi connectivity index (χ2v) is 4.54. The van der Waals surface area contributed by atoms with Crippen molar-refractivity contribution in [1.82, 2.24) is 0 Å². The van der Waals surface area contributed by atoms with Gasteiger partial charge in [0, 0.05) is 18.9 Å². The molecule has 0 aromatic carbocycles. The van der Waals surface area contributed by atoms with E-state index >= 15 is 0 Å². The predicted octanol–water partition coefficient (Wildman–Crippen LogP) is 2.70. The first kappa shape index (κ1) is 18.4. The van der Waals surface area contributed by atoms with Crippen molar-refractivity contribution in [2.75, 3.05) is 12.0 Å². The van der Waals surface area contributed by atoms with Crippen LogP contribution in [0.15, 0.2) is 4.36 Å². The lowest BCUT2D eigenvalue weighted by Gasteiger charge is -1.93. The number of hydrogen-bond acceptors (Lipinski definition) is 2. The van der Waals surface area contributed by atoms with E-state index in [0.717, 1.165) is 0 Å². The molecule has 1 atom stereocenters. The molecule has 0 aromatic rings. The lowest BCUT2D eigenvalue weighted by molar-refractivity contribution is -0.115. The van der Waals surface area contributed by atoms with E-state index in [1.165, 1.54) is 13.2 Å². The van der Waals surface area contributed by atoms with Gasteiger partial charge in [0.25, 0.3) is 5.91 Å². The third-order valence-electron chi connectivity index (χ3n) is 0.857. The SMILES string of the molecule is CC.CC.CCS(C)(=O)=NC(C)=O. The van der Waals surface area contributed by atoms with Crippen LogP contribution in [0.25, 0.3) is 0 Å². The van der Waals surface area contributed by atoms with E-state index in [9.17, 15) is 9.00 Å². The molecule has 0 aliphatic heterocycles. The third kappa shape index (κ3) is 18.5. The van der Waals surface area contributed by atoms with E-state index in [2.05, 4.69) is 4.36 Å². The van der Waals surface area contributed by atoms with Gasteiger partial charge < -0.3 is 0 Å². The molecule has 1 amide bonds. The van der Waals surface area contributed by atoms with Crippen molar-refractivity contribution in [2.24, 2.45) is 4.36 Å². The highest BCUT2D eigenvalue weighted by atomic mass is 32.2. The Morgan fingerprint density at radius 3 is 1.62 bits per heavy atom. The zero-order valence-electron chi connectivity index (χ0n) is 9.88. The van der Waals surface area contributed by atoms with Gasteiger partial charge in [-0.2, -0.15) is 4.36 Å². The van der Waals surface area contributed by atoms with Crippen LogP contribution in [0, 0.1) is 0 Å². The summed E-state index contributed by atoms with van der Waals surface area (Å²) < 4.78 is 14.4. The minimum absolute atomic E-state index is 0.357. The molecule has 0 bridgehead atoms. The number of nitrogens with zero attached hydrogens (tertiary/aromatic N) is 1. The zero-order valence-corrected chi connectivity index (χ0v) is 10.7. The van der Waals surface area contributed by atoms with Gasteiger partial charge in [-0.25, -0.2) is 4.21 Å². The second kappa shape index (κ2) is 11.6. The maximum absolute atomic E-state index is 11.0. The van der Waals surface area contributed by atoms with Crippen molar-refractivity contribution in [2.45, 2.75) is 41.5 Å². The highest BCUT2D eigenvalue weighted by Crippen LogP contribution is 1.89. The molecule has 0 heterocycles. The van der Waals surface area contributed by atoms with E-state index in [-0.39, 0.29) is 5.91 Å². The Bertz CT molecular complexity index is 216. The average molecular weight is 209 g/mol. The number of carbonyl (C=O) groups excluding carboxylic acids is 1. The summed E-state index contributed by atoms with van der Waals surface area (Å²) in [6.07, 6.45) is 1.48. The van der Waals surface area contributed by atoms with E-state index < -0.39 is 9.73 Å². The zero-order chi connectivity index (χ0) is 11.5. The predicted molar refractivity (Wildman–Crippen MR) is 60.4 cm³/mol. The largest absolute Gasteiger partial charge is 0.272 e. The average Bonchev–Trinajstić information content (AvgIpc) is 2.10. The molecule has 0 aliphatic carbocycles. The van der Waals surface area contributed by atoms with Crippen molar-refractivity contribution in [1.29, 1.82) is 0 Å². The molecule has 82 valence electrons. The first-order chi connectivity index (χ1) is 5.98. The molecule has 0 aromatic heterocycles. The van der Waals surface area contributed by atoms with Crippen molar-refractivity contribution >= 4 is 15.6 Å². The van der Waals surface area contributed by atoms with Crippen LogP contribution in [0.1, 0.15) is 41.5 Å². The van der Waals surface area contributed by atoms with Crippen LogP contribution < -0.4 is 0 Å². The first-order valence-electron chi connectivity index (χ1n) is 4.68. The number of carbonyl (C=O) groups is 1. The summed E-state index contributed by atoms with van der Waals surface area (Å²) in [4.78, 5) is 10.3. The van der Waals surface area contributed by atoms with E-state index in [1.807, 2.05) is 27.7 Å². The van der Waals surface area contributed by atoms with Crippen molar-refractivity contribution in [3.8, 4) is 0 Å². The molecule has 4 heteroatoms. The molecular weight excluding hydrogens is 186 g/mol. The van der Waals surface area contributed by atoms with Gasteiger partial charge in [-0.15, -0.1) is 0 Å². The highest BCUT2D eigenvalue weighted by molar-refractivity contribution is 7.93. The van der Waals surface area contributed by atoms with Crippen LogP contribution in [0.5, 0.6) is 0 Å². The van der Waals surface area contributed by atoms with Gasteiger partial charge in [-0.1, -0.05) is 34.6 Å². The summed E-state index contributed by atoms with van der Waals surface area (Å²) in [5.74, 6) is 0.0800. The number of rotatable bonds is 1. The summed E-state index contributed by atoms with van der Waals surface area (Å²) in [5, 5.41) is 0.